The number of nitrogens with one attached hydrogen (secondary N) is 1. The highest BCUT2D eigenvalue weighted by atomic mass is 16.2. The van der Waals surface area contributed by atoms with E-state index < -0.39 is 0 Å². The van der Waals surface area contributed by atoms with Crippen molar-refractivity contribution in [3.05, 3.63) is 29.3 Å². The van der Waals surface area contributed by atoms with Crippen LogP contribution in [0.5, 0.6) is 0 Å². The molecule has 0 bridgehead atoms. The lowest BCUT2D eigenvalue weighted by molar-refractivity contribution is -0.118. The second-order valence-corrected chi connectivity index (χ2v) is 6.16. The van der Waals surface area contributed by atoms with Crippen molar-refractivity contribution in [2.75, 3.05) is 18.5 Å². The summed E-state index contributed by atoms with van der Waals surface area (Å²) in [5.74, 6) is 0.829. The van der Waals surface area contributed by atoms with Crippen LogP contribution in [-0.2, 0) is 11.2 Å². The Morgan fingerprint density at radius 1 is 1.29 bits per heavy atom. The van der Waals surface area contributed by atoms with Crippen molar-refractivity contribution >= 4 is 11.6 Å². The quantitative estimate of drug-likeness (QED) is 0.866. The fraction of sp³-hybridized carbons (Fsp3) is 0.611. The maximum absolute atomic E-state index is 11.8. The SMILES string of the molecule is CCCNC(c1ccc2c(c1)CCC(=O)N2C)C(C)CC. The first-order valence-corrected chi connectivity index (χ1v) is 8.21. The molecule has 1 aliphatic heterocycles. The molecule has 3 nitrogen and oxygen atoms in total. The number of aryl methyl sites for hydroxylation is 1. The molecule has 1 amide bonds. The van der Waals surface area contributed by atoms with Gasteiger partial charge in [0.2, 0.25) is 5.91 Å². The van der Waals surface area contributed by atoms with Crippen LogP contribution in [-0.4, -0.2) is 19.5 Å². The molecule has 0 aliphatic carbocycles. The number of nitrogens with zero attached hydrogens (tertiary/aromatic N) is 1. The minimum absolute atomic E-state index is 0.220. The summed E-state index contributed by atoms with van der Waals surface area (Å²) in [6.07, 6.45) is 3.81. The van der Waals surface area contributed by atoms with Crippen LogP contribution < -0.4 is 10.2 Å². The second kappa shape index (κ2) is 7.08. The van der Waals surface area contributed by atoms with Crippen LogP contribution in [0.1, 0.15) is 57.2 Å². The molecule has 0 aromatic heterocycles. The number of carbonyl (C=O) groups is 1. The molecule has 0 spiro atoms. The van der Waals surface area contributed by atoms with Crippen molar-refractivity contribution in [2.24, 2.45) is 5.92 Å². The van der Waals surface area contributed by atoms with Crippen LogP contribution in [0.25, 0.3) is 0 Å². The summed E-state index contributed by atoms with van der Waals surface area (Å²) in [6, 6.07) is 7.01. The first kappa shape index (κ1) is 16.0. The van der Waals surface area contributed by atoms with Crippen LogP contribution in [0, 0.1) is 5.92 Å². The molecule has 2 atom stereocenters. The lowest BCUT2D eigenvalue weighted by atomic mass is 9.89. The Hall–Kier alpha value is -1.35. The fourth-order valence-corrected chi connectivity index (χ4v) is 3.05. The average molecular weight is 288 g/mol. The van der Waals surface area contributed by atoms with Crippen molar-refractivity contribution in [3.63, 3.8) is 0 Å². The molecule has 0 saturated heterocycles. The molecule has 1 heterocycles. The number of hydrogen-bond acceptors (Lipinski definition) is 2. The number of amides is 1. The Kier molecular flexibility index (Phi) is 5.40. The van der Waals surface area contributed by atoms with E-state index in [2.05, 4.69) is 44.3 Å². The van der Waals surface area contributed by atoms with Gasteiger partial charge in [0.05, 0.1) is 0 Å². The topological polar surface area (TPSA) is 32.3 Å². The highest BCUT2D eigenvalue weighted by molar-refractivity contribution is 5.95. The molecule has 2 rings (SSSR count). The molecule has 116 valence electrons. The zero-order valence-electron chi connectivity index (χ0n) is 13.8. The highest BCUT2D eigenvalue weighted by Crippen LogP contribution is 2.32. The van der Waals surface area contributed by atoms with Gasteiger partial charge in [0, 0.05) is 25.2 Å². The molecule has 1 aromatic carbocycles. The van der Waals surface area contributed by atoms with Gasteiger partial charge >= 0.3 is 0 Å². The third-order valence-electron chi connectivity index (χ3n) is 4.63. The van der Waals surface area contributed by atoms with E-state index in [1.54, 1.807) is 4.90 Å². The molecule has 21 heavy (non-hydrogen) atoms. The maximum atomic E-state index is 11.8. The van der Waals surface area contributed by atoms with E-state index >= 15 is 0 Å². The summed E-state index contributed by atoms with van der Waals surface area (Å²) in [4.78, 5) is 13.6. The molecule has 1 N–H and O–H groups in total. The molecule has 1 aromatic rings. The average Bonchev–Trinajstić information content (AvgIpc) is 2.51. The minimum atomic E-state index is 0.220. The maximum Gasteiger partial charge on any atom is 0.227 e. The number of fused-ring (bicyclic) bond motifs is 1. The standard InChI is InChI=1S/C18H28N2O/c1-5-11-19-18(13(3)6-2)15-7-9-16-14(12-15)8-10-17(21)20(16)4/h7,9,12-13,18-19H,5-6,8,10-11H2,1-4H3. The molecule has 1 aliphatic rings. The Morgan fingerprint density at radius 3 is 2.71 bits per heavy atom. The first-order valence-electron chi connectivity index (χ1n) is 8.21. The number of benzene rings is 1. The van der Waals surface area contributed by atoms with E-state index in [0.29, 0.717) is 18.4 Å². The third-order valence-corrected chi connectivity index (χ3v) is 4.63. The predicted molar refractivity (Wildman–Crippen MR) is 88.7 cm³/mol. The summed E-state index contributed by atoms with van der Waals surface area (Å²) in [5.41, 5.74) is 3.74. The van der Waals surface area contributed by atoms with Gasteiger partial charge in [-0.1, -0.05) is 39.3 Å². The molecule has 0 fully saturated rings. The molecule has 0 radical (unpaired) electrons. The van der Waals surface area contributed by atoms with E-state index in [9.17, 15) is 4.79 Å². The van der Waals surface area contributed by atoms with Gasteiger partial charge in [0.25, 0.3) is 0 Å². The number of anilines is 1. The van der Waals surface area contributed by atoms with Crippen LogP contribution in [0.3, 0.4) is 0 Å². The fourth-order valence-electron chi connectivity index (χ4n) is 3.05. The summed E-state index contributed by atoms with van der Waals surface area (Å²) < 4.78 is 0. The van der Waals surface area contributed by atoms with E-state index in [1.807, 2.05) is 7.05 Å². The van der Waals surface area contributed by atoms with Gasteiger partial charge in [0.1, 0.15) is 0 Å². The van der Waals surface area contributed by atoms with Crippen molar-refractivity contribution in [3.8, 4) is 0 Å². The van der Waals surface area contributed by atoms with E-state index in [-0.39, 0.29) is 5.91 Å². The zero-order chi connectivity index (χ0) is 15.4. The van der Waals surface area contributed by atoms with Crippen LogP contribution in [0.15, 0.2) is 18.2 Å². The Bertz CT molecular complexity index is 498. The lowest BCUT2D eigenvalue weighted by Crippen LogP contribution is -2.32. The molecule has 3 heteroatoms. The van der Waals surface area contributed by atoms with E-state index in [1.165, 1.54) is 11.1 Å². The Balaban J connectivity index is 2.28. The predicted octanol–water partition coefficient (Wildman–Crippen LogP) is 3.68. The van der Waals surface area contributed by atoms with Gasteiger partial charge in [-0.15, -0.1) is 0 Å². The molecular weight excluding hydrogens is 260 g/mol. The largest absolute Gasteiger partial charge is 0.315 e. The number of carbonyl (C=O) groups excluding carboxylic acids is 1. The highest BCUT2D eigenvalue weighted by Gasteiger charge is 2.23. The van der Waals surface area contributed by atoms with Gasteiger partial charge in [-0.05, 0) is 42.5 Å². The smallest absolute Gasteiger partial charge is 0.227 e. The van der Waals surface area contributed by atoms with Crippen LogP contribution >= 0.6 is 0 Å². The van der Waals surface area contributed by atoms with Gasteiger partial charge in [-0.2, -0.15) is 0 Å². The van der Waals surface area contributed by atoms with Gasteiger partial charge in [0.15, 0.2) is 0 Å². The molecule has 0 saturated carbocycles. The minimum Gasteiger partial charge on any atom is -0.315 e. The van der Waals surface area contributed by atoms with Crippen molar-refractivity contribution in [2.45, 2.75) is 52.5 Å². The summed E-state index contributed by atoms with van der Waals surface area (Å²) >= 11 is 0. The van der Waals surface area contributed by atoms with Crippen molar-refractivity contribution in [1.82, 2.24) is 5.32 Å². The van der Waals surface area contributed by atoms with Gasteiger partial charge in [-0.3, -0.25) is 4.79 Å². The van der Waals surface area contributed by atoms with Gasteiger partial charge < -0.3 is 10.2 Å². The first-order chi connectivity index (χ1) is 10.1. The third kappa shape index (κ3) is 3.46. The lowest BCUT2D eigenvalue weighted by Gasteiger charge is -2.29. The summed E-state index contributed by atoms with van der Waals surface area (Å²) in [6.45, 7) is 7.80. The summed E-state index contributed by atoms with van der Waals surface area (Å²) in [7, 11) is 1.88. The second-order valence-electron chi connectivity index (χ2n) is 6.16. The monoisotopic (exact) mass is 288 g/mol. The Labute approximate surface area is 128 Å². The van der Waals surface area contributed by atoms with Gasteiger partial charge in [-0.25, -0.2) is 0 Å². The van der Waals surface area contributed by atoms with Crippen LogP contribution in [0.4, 0.5) is 5.69 Å². The van der Waals surface area contributed by atoms with Crippen molar-refractivity contribution in [1.29, 1.82) is 0 Å². The number of hydrogen-bond donors (Lipinski definition) is 1. The van der Waals surface area contributed by atoms with Crippen LogP contribution in [0.2, 0.25) is 0 Å². The molecular formula is C18H28N2O. The Morgan fingerprint density at radius 2 is 2.05 bits per heavy atom. The zero-order valence-corrected chi connectivity index (χ0v) is 13.8. The van der Waals surface area contributed by atoms with Crippen molar-refractivity contribution < 1.29 is 4.79 Å². The van der Waals surface area contributed by atoms with E-state index in [4.69, 9.17) is 0 Å². The summed E-state index contributed by atoms with van der Waals surface area (Å²) in [5, 5.41) is 3.68. The van der Waals surface area contributed by atoms with E-state index in [0.717, 1.165) is 31.5 Å². The molecule has 2 unspecified atom stereocenters. The normalized spacial score (nSPS) is 17.5. The number of rotatable bonds is 6.